The predicted octanol–water partition coefficient (Wildman–Crippen LogP) is 2.19. The first kappa shape index (κ1) is 18.7. The van der Waals surface area contributed by atoms with E-state index in [0.717, 1.165) is 22.0 Å². The lowest BCUT2D eigenvalue weighted by molar-refractivity contribution is -0.138. The summed E-state index contributed by atoms with van der Waals surface area (Å²) >= 11 is 0. The molecule has 1 aromatic carbocycles. The zero-order valence-electron chi connectivity index (χ0n) is 13.8. The summed E-state index contributed by atoms with van der Waals surface area (Å²) in [5.41, 5.74) is 3.19. The number of hydrogen-bond donors (Lipinski definition) is 2. The Morgan fingerprint density at radius 3 is 2.44 bits per heavy atom. The van der Waals surface area contributed by atoms with Gasteiger partial charge in [0.1, 0.15) is 6.54 Å². The molecule has 0 saturated carbocycles. The topological polar surface area (TPSA) is 71.1 Å². The Hall–Kier alpha value is -2.64. The zero-order valence-corrected chi connectivity index (χ0v) is 13.8. The number of amides is 2. The van der Waals surface area contributed by atoms with Gasteiger partial charge in [0.15, 0.2) is 0 Å². The maximum absolute atomic E-state index is 12.0. The molecule has 0 bridgehead atoms. The number of para-hydroxylation sites is 1. The molecule has 134 valence electrons. The molecule has 8 heteroatoms. The Bertz CT molecular complexity index is 804. The van der Waals surface area contributed by atoms with Crippen molar-refractivity contribution >= 4 is 22.7 Å². The van der Waals surface area contributed by atoms with E-state index in [1.165, 1.54) is 0 Å². The number of carbonyl (C=O) groups is 2. The molecular formula is C17H18F3N3O2. The summed E-state index contributed by atoms with van der Waals surface area (Å²) in [7, 11) is 0. The number of rotatable bonds is 5. The zero-order chi connectivity index (χ0) is 18.6. The molecule has 0 aliphatic rings. The molecule has 0 aliphatic heterocycles. The molecule has 2 N–H and O–H groups in total. The van der Waals surface area contributed by atoms with Gasteiger partial charge in [-0.05, 0) is 31.0 Å². The highest BCUT2D eigenvalue weighted by molar-refractivity contribution is 5.88. The summed E-state index contributed by atoms with van der Waals surface area (Å²) in [5.74, 6) is -1.35. The van der Waals surface area contributed by atoms with Gasteiger partial charge in [0.2, 0.25) is 11.8 Å². The molecule has 0 saturated heterocycles. The first-order valence-corrected chi connectivity index (χ1v) is 7.62. The van der Waals surface area contributed by atoms with E-state index >= 15 is 0 Å². The minimum absolute atomic E-state index is 0.00204. The van der Waals surface area contributed by atoms with Gasteiger partial charge in [-0.15, -0.1) is 0 Å². The van der Waals surface area contributed by atoms with Gasteiger partial charge in [0, 0.05) is 11.1 Å². The number of hydrogen-bond acceptors (Lipinski definition) is 3. The second-order valence-electron chi connectivity index (χ2n) is 5.66. The first-order chi connectivity index (χ1) is 11.7. The Morgan fingerprint density at radius 1 is 1.08 bits per heavy atom. The van der Waals surface area contributed by atoms with Crippen LogP contribution < -0.4 is 10.6 Å². The van der Waals surface area contributed by atoms with Gasteiger partial charge >= 0.3 is 6.18 Å². The number of nitrogens with zero attached hydrogens (tertiary/aromatic N) is 1. The maximum Gasteiger partial charge on any atom is 0.405 e. The number of pyridine rings is 1. The number of alkyl halides is 3. The Labute approximate surface area is 142 Å². The Morgan fingerprint density at radius 2 is 1.76 bits per heavy atom. The molecule has 0 spiro atoms. The highest BCUT2D eigenvalue weighted by Crippen LogP contribution is 2.22. The molecule has 5 nitrogen and oxygen atoms in total. The molecule has 1 aromatic heterocycles. The second-order valence-corrected chi connectivity index (χ2v) is 5.66. The lowest BCUT2D eigenvalue weighted by Gasteiger charge is -2.13. The van der Waals surface area contributed by atoms with Gasteiger partial charge in [-0.25, -0.2) is 0 Å². The Kier molecular flexibility index (Phi) is 5.61. The van der Waals surface area contributed by atoms with Gasteiger partial charge in [-0.2, -0.15) is 13.2 Å². The van der Waals surface area contributed by atoms with E-state index in [1.807, 2.05) is 31.2 Å². The van der Waals surface area contributed by atoms with Crippen molar-refractivity contribution in [1.82, 2.24) is 15.6 Å². The van der Waals surface area contributed by atoms with Crippen molar-refractivity contribution in [2.24, 2.45) is 0 Å². The fraction of sp³-hybridized carbons (Fsp3) is 0.353. The average molecular weight is 353 g/mol. The monoisotopic (exact) mass is 353 g/mol. The van der Waals surface area contributed by atoms with E-state index in [0.29, 0.717) is 5.69 Å². The quantitative estimate of drug-likeness (QED) is 0.866. The van der Waals surface area contributed by atoms with E-state index in [1.54, 1.807) is 12.2 Å². The van der Waals surface area contributed by atoms with Crippen molar-refractivity contribution in [2.75, 3.05) is 13.1 Å². The molecule has 0 aliphatic carbocycles. The molecule has 2 rings (SSSR count). The lowest BCUT2D eigenvalue weighted by Crippen LogP contribution is -2.41. The molecule has 0 unspecified atom stereocenters. The SMILES string of the molecule is Cc1nc2ccccc2c(C)c1CC(=O)NCC(=O)NCC(F)(F)F. The predicted molar refractivity (Wildman–Crippen MR) is 87.0 cm³/mol. The number of fused-ring (bicyclic) bond motifs is 1. The van der Waals surface area contributed by atoms with Crippen LogP contribution >= 0.6 is 0 Å². The van der Waals surface area contributed by atoms with E-state index in [9.17, 15) is 22.8 Å². The number of carbonyl (C=O) groups excluding carboxylic acids is 2. The van der Waals surface area contributed by atoms with E-state index in [4.69, 9.17) is 0 Å². The largest absolute Gasteiger partial charge is 0.405 e. The Balaban J connectivity index is 1.99. The highest BCUT2D eigenvalue weighted by Gasteiger charge is 2.27. The van der Waals surface area contributed by atoms with Gasteiger partial charge in [-0.3, -0.25) is 14.6 Å². The standard InChI is InChI=1S/C17H18F3N3O2/c1-10-12-5-3-4-6-14(12)23-11(2)13(10)7-15(24)21-8-16(25)22-9-17(18,19)20/h3-6H,7-9H2,1-2H3,(H,21,24)(H,22,25). The fourth-order valence-corrected chi connectivity index (χ4v) is 2.49. The van der Waals surface area contributed by atoms with Gasteiger partial charge in [0.25, 0.3) is 0 Å². The first-order valence-electron chi connectivity index (χ1n) is 7.62. The molecule has 25 heavy (non-hydrogen) atoms. The lowest BCUT2D eigenvalue weighted by atomic mass is 9.99. The summed E-state index contributed by atoms with van der Waals surface area (Å²) in [4.78, 5) is 27.8. The molecule has 0 radical (unpaired) electrons. The number of halogens is 3. The van der Waals surface area contributed by atoms with Crippen molar-refractivity contribution in [1.29, 1.82) is 0 Å². The number of aromatic nitrogens is 1. The maximum atomic E-state index is 12.0. The minimum Gasteiger partial charge on any atom is -0.347 e. The smallest absolute Gasteiger partial charge is 0.347 e. The van der Waals surface area contributed by atoms with Crippen molar-refractivity contribution in [3.8, 4) is 0 Å². The molecule has 1 heterocycles. The van der Waals surface area contributed by atoms with Gasteiger partial charge in [0.05, 0.1) is 18.5 Å². The second kappa shape index (κ2) is 7.50. The molecule has 0 fully saturated rings. The molecular weight excluding hydrogens is 335 g/mol. The van der Waals surface area contributed by atoms with Crippen LogP contribution in [0.3, 0.4) is 0 Å². The van der Waals surface area contributed by atoms with Crippen LogP contribution in [0, 0.1) is 13.8 Å². The van der Waals surface area contributed by atoms with Crippen LogP contribution in [-0.4, -0.2) is 36.1 Å². The third-order valence-corrected chi connectivity index (χ3v) is 3.76. The highest BCUT2D eigenvalue weighted by atomic mass is 19.4. The van der Waals surface area contributed by atoms with Crippen LogP contribution in [0.25, 0.3) is 10.9 Å². The normalized spacial score (nSPS) is 11.4. The van der Waals surface area contributed by atoms with Crippen molar-refractivity contribution < 1.29 is 22.8 Å². The summed E-state index contributed by atoms with van der Waals surface area (Å²) in [6.07, 6.45) is -4.48. The van der Waals surface area contributed by atoms with E-state index in [2.05, 4.69) is 10.3 Å². The summed E-state index contributed by atoms with van der Waals surface area (Å²) in [6, 6.07) is 7.54. The van der Waals surface area contributed by atoms with Crippen LogP contribution in [0.15, 0.2) is 24.3 Å². The van der Waals surface area contributed by atoms with Crippen LogP contribution in [0.4, 0.5) is 13.2 Å². The van der Waals surface area contributed by atoms with Gasteiger partial charge < -0.3 is 10.6 Å². The van der Waals surface area contributed by atoms with Crippen LogP contribution in [0.1, 0.15) is 16.8 Å². The van der Waals surface area contributed by atoms with Crippen molar-refractivity contribution in [3.05, 3.63) is 41.1 Å². The van der Waals surface area contributed by atoms with Gasteiger partial charge in [-0.1, -0.05) is 18.2 Å². The number of aryl methyl sites for hydroxylation is 2. The molecule has 2 aromatic rings. The van der Waals surface area contributed by atoms with Crippen molar-refractivity contribution in [2.45, 2.75) is 26.4 Å². The number of benzene rings is 1. The molecule has 0 atom stereocenters. The number of nitrogens with one attached hydrogen (secondary N) is 2. The van der Waals surface area contributed by atoms with Crippen LogP contribution in [-0.2, 0) is 16.0 Å². The average Bonchev–Trinajstić information content (AvgIpc) is 2.54. The van der Waals surface area contributed by atoms with Crippen molar-refractivity contribution in [3.63, 3.8) is 0 Å². The summed E-state index contributed by atoms with van der Waals surface area (Å²) < 4.78 is 36.0. The van der Waals surface area contributed by atoms with E-state index < -0.39 is 31.1 Å². The summed E-state index contributed by atoms with van der Waals surface area (Å²) in [6.45, 7) is 1.75. The fourth-order valence-electron chi connectivity index (χ4n) is 2.49. The third kappa shape index (κ3) is 5.17. The molecule has 2 amide bonds. The van der Waals surface area contributed by atoms with E-state index in [-0.39, 0.29) is 6.42 Å². The van der Waals surface area contributed by atoms with Crippen LogP contribution in [0.5, 0.6) is 0 Å². The summed E-state index contributed by atoms with van der Waals surface area (Å²) in [5, 5.41) is 4.95. The minimum atomic E-state index is -4.48. The van der Waals surface area contributed by atoms with Crippen LogP contribution in [0.2, 0.25) is 0 Å². The third-order valence-electron chi connectivity index (χ3n) is 3.76.